The Bertz CT molecular complexity index is 1030. The van der Waals surface area contributed by atoms with Crippen molar-refractivity contribution in [3.05, 3.63) is 47.0 Å². The first-order chi connectivity index (χ1) is 13.5. The summed E-state index contributed by atoms with van der Waals surface area (Å²) in [7, 11) is 3.89. The van der Waals surface area contributed by atoms with E-state index in [4.69, 9.17) is 14.7 Å². The number of pyridine rings is 1. The normalized spacial score (nSPS) is 17.8. The maximum atomic E-state index is 5.71. The van der Waals surface area contributed by atoms with Crippen LogP contribution in [0, 0.1) is 20.8 Å². The smallest absolute Gasteiger partial charge is 0.163 e. The molecule has 0 amide bonds. The fraction of sp³-hybridized carbons (Fsp3) is 0.435. The molecule has 1 saturated heterocycles. The van der Waals surface area contributed by atoms with Crippen LogP contribution in [0.4, 0.5) is 0 Å². The molecule has 146 valence electrons. The lowest BCUT2D eigenvalue weighted by molar-refractivity contribution is 0.246. The van der Waals surface area contributed by atoms with Crippen LogP contribution in [-0.2, 0) is 0 Å². The van der Waals surface area contributed by atoms with Gasteiger partial charge in [-0.15, -0.1) is 0 Å². The van der Waals surface area contributed by atoms with Crippen molar-refractivity contribution in [3.63, 3.8) is 0 Å². The monoisotopic (exact) mass is 376 g/mol. The van der Waals surface area contributed by atoms with Crippen molar-refractivity contribution >= 4 is 11.0 Å². The average Bonchev–Trinajstić information content (AvgIpc) is 2.67. The lowest BCUT2D eigenvalue weighted by atomic mass is 9.94. The van der Waals surface area contributed by atoms with E-state index in [1.54, 1.807) is 7.11 Å². The number of likely N-dealkylation sites (tertiary alicyclic amines) is 1. The third-order valence-electron chi connectivity index (χ3n) is 5.72. The number of hydrogen-bond acceptors (Lipinski definition) is 5. The summed E-state index contributed by atoms with van der Waals surface area (Å²) in [6.07, 6.45) is 4.17. The van der Waals surface area contributed by atoms with Crippen molar-refractivity contribution in [3.8, 4) is 16.9 Å². The van der Waals surface area contributed by atoms with Gasteiger partial charge < -0.3 is 9.64 Å². The number of likely N-dealkylation sites (N-methyl/N-ethyl adjacent to an activating group) is 1. The molecular weight excluding hydrogens is 348 g/mol. The molecule has 1 aliphatic heterocycles. The van der Waals surface area contributed by atoms with Gasteiger partial charge in [-0.05, 0) is 70.5 Å². The molecule has 0 N–H and O–H groups in total. The van der Waals surface area contributed by atoms with Crippen LogP contribution in [0.3, 0.4) is 0 Å². The van der Waals surface area contributed by atoms with Gasteiger partial charge in [-0.1, -0.05) is 6.07 Å². The quantitative estimate of drug-likeness (QED) is 0.677. The molecule has 0 aliphatic carbocycles. The molecule has 3 aromatic rings. The minimum Gasteiger partial charge on any atom is -0.496 e. The van der Waals surface area contributed by atoms with Crippen molar-refractivity contribution < 1.29 is 4.74 Å². The molecule has 4 rings (SSSR count). The lowest BCUT2D eigenvalue weighted by Crippen LogP contribution is -2.31. The highest BCUT2D eigenvalue weighted by Gasteiger charge is 2.23. The molecule has 1 aromatic carbocycles. The molecule has 1 fully saturated rings. The number of aryl methyl sites for hydroxylation is 3. The van der Waals surface area contributed by atoms with Crippen molar-refractivity contribution in [2.24, 2.45) is 0 Å². The maximum absolute atomic E-state index is 5.71. The molecule has 3 heterocycles. The van der Waals surface area contributed by atoms with Gasteiger partial charge in [0.25, 0.3) is 0 Å². The molecule has 28 heavy (non-hydrogen) atoms. The van der Waals surface area contributed by atoms with E-state index in [9.17, 15) is 0 Å². The Morgan fingerprint density at radius 2 is 1.96 bits per heavy atom. The van der Waals surface area contributed by atoms with Gasteiger partial charge in [0.15, 0.2) is 5.65 Å². The Kier molecular flexibility index (Phi) is 5.02. The molecule has 1 atom stereocenters. The van der Waals surface area contributed by atoms with Crippen LogP contribution < -0.4 is 4.74 Å². The summed E-state index contributed by atoms with van der Waals surface area (Å²) in [4.78, 5) is 16.8. The second-order valence-electron chi connectivity index (χ2n) is 7.98. The molecule has 1 unspecified atom stereocenters. The molecule has 1 aliphatic rings. The molecular formula is C23H28N4O. The number of benzene rings is 1. The summed E-state index contributed by atoms with van der Waals surface area (Å²) >= 11 is 0. The van der Waals surface area contributed by atoms with Crippen molar-refractivity contribution in [2.75, 3.05) is 27.2 Å². The van der Waals surface area contributed by atoms with Crippen molar-refractivity contribution in [1.29, 1.82) is 0 Å². The SMILES string of the molecule is COc1cc(C)cc(C)c1-c1ccnc2nc(C3CCCN(C)C3)nc(C)c12. The summed E-state index contributed by atoms with van der Waals surface area (Å²) in [5.41, 5.74) is 6.31. The topological polar surface area (TPSA) is 51.1 Å². The molecule has 5 heteroatoms. The lowest BCUT2D eigenvalue weighted by Gasteiger charge is -2.28. The van der Waals surface area contributed by atoms with E-state index in [0.29, 0.717) is 5.92 Å². The zero-order chi connectivity index (χ0) is 19.8. The zero-order valence-electron chi connectivity index (χ0n) is 17.4. The van der Waals surface area contributed by atoms with Crippen LogP contribution in [0.2, 0.25) is 0 Å². The van der Waals surface area contributed by atoms with Crippen LogP contribution in [0.15, 0.2) is 24.4 Å². The number of nitrogens with zero attached hydrogens (tertiary/aromatic N) is 4. The van der Waals surface area contributed by atoms with Gasteiger partial charge in [-0.2, -0.15) is 0 Å². The first kappa shape index (κ1) is 18.8. The molecule has 0 saturated carbocycles. The summed E-state index contributed by atoms with van der Waals surface area (Å²) in [5.74, 6) is 2.18. The van der Waals surface area contributed by atoms with E-state index >= 15 is 0 Å². The number of aromatic nitrogens is 3. The maximum Gasteiger partial charge on any atom is 0.163 e. The largest absolute Gasteiger partial charge is 0.496 e. The molecule has 5 nitrogen and oxygen atoms in total. The van der Waals surface area contributed by atoms with Gasteiger partial charge in [0, 0.05) is 35.2 Å². The highest BCUT2D eigenvalue weighted by atomic mass is 16.5. The highest BCUT2D eigenvalue weighted by molar-refractivity contribution is 5.96. The Morgan fingerprint density at radius 1 is 1.14 bits per heavy atom. The van der Waals surface area contributed by atoms with Gasteiger partial charge in [0.05, 0.1) is 12.8 Å². The first-order valence-corrected chi connectivity index (χ1v) is 9.95. The van der Waals surface area contributed by atoms with Crippen LogP contribution in [0.5, 0.6) is 5.75 Å². The molecule has 0 bridgehead atoms. The fourth-order valence-electron chi connectivity index (χ4n) is 4.46. The Balaban J connectivity index is 1.89. The van der Waals surface area contributed by atoms with E-state index in [1.165, 1.54) is 17.5 Å². The average molecular weight is 377 g/mol. The standard InChI is InChI=1S/C23H28N4O/c1-14-11-15(2)20(19(12-14)28-5)18-8-9-24-23-21(18)16(3)25-22(26-23)17-7-6-10-27(4)13-17/h8-9,11-12,17H,6-7,10,13H2,1-5H3. The summed E-state index contributed by atoms with van der Waals surface area (Å²) < 4.78 is 5.71. The van der Waals surface area contributed by atoms with E-state index in [-0.39, 0.29) is 0 Å². The number of hydrogen-bond donors (Lipinski definition) is 0. The molecule has 0 radical (unpaired) electrons. The van der Waals surface area contributed by atoms with E-state index in [0.717, 1.165) is 58.9 Å². The predicted octanol–water partition coefficient (Wildman–Crippen LogP) is 4.43. The zero-order valence-corrected chi connectivity index (χ0v) is 17.4. The van der Waals surface area contributed by atoms with Gasteiger partial charge in [-0.25, -0.2) is 15.0 Å². The van der Waals surface area contributed by atoms with Gasteiger partial charge in [-0.3, -0.25) is 0 Å². The van der Waals surface area contributed by atoms with Crippen LogP contribution in [0.25, 0.3) is 22.2 Å². The van der Waals surface area contributed by atoms with Gasteiger partial charge in [0.2, 0.25) is 0 Å². The first-order valence-electron chi connectivity index (χ1n) is 9.95. The van der Waals surface area contributed by atoms with Crippen molar-refractivity contribution in [2.45, 2.75) is 39.5 Å². The Morgan fingerprint density at radius 3 is 2.71 bits per heavy atom. The van der Waals surface area contributed by atoms with Crippen molar-refractivity contribution in [1.82, 2.24) is 19.9 Å². The van der Waals surface area contributed by atoms with Gasteiger partial charge >= 0.3 is 0 Å². The van der Waals surface area contributed by atoms with Crippen LogP contribution in [-0.4, -0.2) is 47.1 Å². The number of ether oxygens (including phenoxy) is 1. The fourth-order valence-corrected chi connectivity index (χ4v) is 4.46. The molecule has 2 aromatic heterocycles. The minimum atomic E-state index is 0.378. The summed E-state index contributed by atoms with van der Waals surface area (Å²) in [5, 5.41) is 1.01. The second kappa shape index (κ2) is 7.47. The third kappa shape index (κ3) is 3.35. The third-order valence-corrected chi connectivity index (χ3v) is 5.72. The Hall–Kier alpha value is -2.53. The second-order valence-corrected chi connectivity index (χ2v) is 7.98. The van der Waals surface area contributed by atoms with E-state index < -0.39 is 0 Å². The van der Waals surface area contributed by atoms with E-state index in [2.05, 4.69) is 49.8 Å². The predicted molar refractivity (Wildman–Crippen MR) is 113 cm³/mol. The number of fused-ring (bicyclic) bond motifs is 1. The van der Waals surface area contributed by atoms with Gasteiger partial charge in [0.1, 0.15) is 11.6 Å². The van der Waals surface area contributed by atoms with Crippen LogP contribution in [0.1, 0.15) is 41.4 Å². The number of piperidine rings is 1. The van der Waals surface area contributed by atoms with Crippen LogP contribution >= 0.6 is 0 Å². The summed E-state index contributed by atoms with van der Waals surface area (Å²) in [6, 6.07) is 6.32. The summed E-state index contributed by atoms with van der Waals surface area (Å²) in [6.45, 7) is 8.44. The van der Waals surface area contributed by atoms with E-state index in [1.807, 2.05) is 12.3 Å². The number of rotatable bonds is 3. The highest BCUT2D eigenvalue weighted by Crippen LogP contribution is 2.38. The minimum absolute atomic E-state index is 0.378. The number of methoxy groups -OCH3 is 1. The molecule has 0 spiro atoms. The Labute approximate surface area is 166 Å².